The highest BCUT2D eigenvalue weighted by atomic mass is 16.3. The van der Waals surface area contributed by atoms with Gasteiger partial charge in [-0.3, -0.25) is 0 Å². The maximum Gasteiger partial charge on any atom is 0.143 e. The Morgan fingerprint density at radius 2 is 1.00 bits per heavy atom. The highest BCUT2D eigenvalue weighted by molar-refractivity contribution is 6.24. The Kier molecular flexibility index (Phi) is 3.80. The van der Waals surface area contributed by atoms with Crippen molar-refractivity contribution in [1.82, 2.24) is 0 Å². The predicted molar refractivity (Wildman–Crippen MR) is 183 cm³/mol. The lowest BCUT2D eigenvalue weighted by molar-refractivity contribution is 0.673. The summed E-state index contributed by atoms with van der Waals surface area (Å²) in [5.74, 6) is 0. The molecule has 200 valence electrons. The van der Waals surface area contributed by atoms with E-state index < -0.39 is 24.2 Å². The van der Waals surface area contributed by atoms with Crippen molar-refractivity contribution in [3.8, 4) is 33.4 Å². The van der Waals surface area contributed by atoms with Gasteiger partial charge in [-0.2, -0.15) is 0 Å². The summed E-state index contributed by atoms with van der Waals surface area (Å²) in [6.45, 7) is 0. The van der Waals surface area contributed by atoms with Gasteiger partial charge in [-0.25, -0.2) is 0 Å². The smallest absolute Gasteiger partial charge is 0.143 e. The predicted octanol–water partition coefficient (Wildman–Crippen LogP) is 12.0. The molecule has 9 rings (SSSR count). The van der Waals surface area contributed by atoms with Crippen LogP contribution in [0.4, 0.5) is 0 Å². The molecule has 0 radical (unpaired) electrons. The van der Waals surface area contributed by atoms with E-state index in [0.29, 0.717) is 33.4 Å². The van der Waals surface area contributed by atoms with Gasteiger partial charge in [-0.1, -0.05) is 139 Å². The molecule has 0 fully saturated rings. The molecule has 0 unspecified atom stereocenters. The van der Waals surface area contributed by atoms with Gasteiger partial charge in [0.25, 0.3) is 0 Å². The molecule has 0 N–H and O–H groups in total. The molecule has 0 amide bonds. The van der Waals surface area contributed by atoms with Crippen molar-refractivity contribution in [3.63, 3.8) is 0 Å². The van der Waals surface area contributed by atoms with E-state index in [2.05, 4.69) is 6.07 Å². The van der Waals surface area contributed by atoms with Gasteiger partial charge in [-0.05, 0) is 78.5 Å². The fourth-order valence-electron chi connectivity index (χ4n) is 6.42. The summed E-state index contributed by atoms with van der Waals surface area (Å²) in [6.07, 6.45) is 0. The van der Waals surface area contributed by atoms with Gasteiger partial charge < -0.3 is 4.42 Å². The third kappa shape index (κ3) is 3.65. The minimum Gasteiger partial charge on any atom is -0.455 e. The second-order valence-electron chi connectivity index (χ2n) is 10.6. The van der Waals surface area contributed by atoms with Crippen molar-refractivity contribution >= 4 is 54.3 Å². The van der Waals surface area contributed by atoms with Crippen molar-refractivity contribution in [3.05, 3.63) is 158 Å². The van der Waals surface area contributed by atoms with Crippen LogP contribution in [0.2, 0.25) is 0 Å². The highest BCUT2D eigenvalue weighted by Gasteiger charge is 2.20. The summed E-state index contributed by atoms with van der Waals surface area (Å²) in [7, 11) is 0. The van der Waals surface area contributed by atoms with Crippen LogP contribution in [-0.4, -0.2) is 0 Å². The fourth-order valence-corrected chi connectivity index (χ4v) is 6.42. The lowest BCUT2D eigenvalue weighted by Gasteiger charge is -2.17. The molecule has 0 saturated carbocycles. The Hall–Kier alpha value is -5.66. The molecule has 0 aliphatic rings. The van der Waals surface area contributed by atoms with E-state index in [1.165, 1.54) is 0 Å². The Morgan fingerprint density at radius 3 is 1.65 bits per heavy atom. The zero-order valence-electron chi connectivity index (χ0n) is 30.8. The van der Waals surface area contributed by atoms with E-state index in [-0.39, 0.29) is 45.7 Å². The summed E-state index contributed by atoms with van der Waals surface area (Å²) in [4.78, 5) is 0. The molecule has 0 spiro atoms. The van der Waals surface area contributed by atoms with E-state index in [1.807, 2.05) is 72.8 Å². The molecule has 0 bridgehead atoms. The molecule has 9 aromatic rings. The molecular weight excluding hydrogens is 520 g/mol. The van der Waals surface area contributed by atoms with Gasteiger partial charge in [0.05, 0.1) is 11.0 Å². The van der Waals surface area contributed by atoms with Crippen LogP contribution >= 0.6 is 0 Å². The molecule has 0 atom stereocenters. The standard InChI is InChI=1S/C42H26O/c1-3-13-27(14-4-1)36-25-29-17-7-8-18-31(29)42-41(36)37-26-30(23-24-38(37)43-42)40-34-21-11-9-19-32(34)39(28-15-5-2-6-16-28)33-20-10-12-22-35(33)40/h1-26H/i9D,10D,11D,12D,19D,20D,21D,22D. The van der Waals surface area contributed by atoms with Crippen LogP contribution in [0.5, 0.6) is 0 Å². The maximum absolute atomic E-state index is 9.27. The van der Waals surface area contributed by atoms with Crippen LogP contribution in [0.1, 0.15) is 11.0 Å². The van der Waals surface area contributed by atoms with Crippen molar-refractivity contribution in [1.29, 1.82) is 0 Å². The van der Waals surface area contributed by atoms with Crippen molar-refractivity contribution in [2.75, 3.05) is 0 Å². The SMILES string of the molecule is [2H]c1c([2H])c([2H])c2c(-c3ccc4oc5c6ccccc6cc(-c6ccccc6)c5c4c3)c3c([2H])c([2H])c([2H])c([2H])c3c(-c3ccccc3)c2c1[2H]. The zero-order chi connectivity index (χ0) is 35.3. The number of hydrogen-bond acceptors (Lipinski definition) is 1. The van der Waals surface area contributed by atoms with Gasteiger partial charge in [-0.15, -0.1) is 0 Å². The second kappa shape index (κ2) is 9.44. The van der Waals surface area contributed by atoms with Crippen molar-refractivity contribution in [2.24, 2.45) is 0 Å². The Labute approximate surface area is 260 Å². The quantitative estimate of drug-likeness (QED) is 0.198. The highest BCUT2D eigenvalue weighted by Crippen LogP contribution is 2.46. The van der Waals surface area contributed by atoms with Crippen LogP contribution in [-0.2, 0) is 0 Å². The molecule has 1 heteroatoms. The lowest BCUT2D eigenvalue weighted by Crippen LogP contribution is -1.90. The molecule has 1 aromatic heterocycles. The van der Waals surface area contributed by atoms with Crippen LogP contribution in [0.25, 0.3) is 87.6 Å². The van der Waals surface area contributed by atoms with Gasteiger partial charge in [0.15, 0.2) is 0 Å². The topological polar surface area (TPSA) is 13.1 Å². The average molecular weight is 555 g/mol. The monoisotopic (exact) mass is 554 g/mol. The number of benzene rings is 8. The third-order valence-corrected chi connectivity index (χ3v) is 8.27. The second-order valence-corrected chi connectivity index (χ2v) is 10.6. The first-order chi connectivity index (χ1) is 24.7. The third-order valence-electron chi connectivity index (χ3n) is 8.27. The molecule has 0 saturated heterocycles. The van der Waals surface area contributed by atoms with Gasteiger partial charge in [0, 0.05) is 16.2 Å². The van der Waals surface area contributed by atoms with Crippen LogP contribution in [0, 0.1) is 0 Å². The summed E-state index contributed by atoms with van der Waals surface area (Å²) < 4.78 is 78.3. The number of furan rings is 1. The lowest BCUT2D eigenvalue weighted by atomic mass is 9.85. The van der Waals surface area contributed by atoms with Crippen LogP contribution in [0.15, 0.2) is 162 Å². The molecule has 0 aliphatic heterocycles. The van der Waals surface area contributed by atoms with E-state index in [1.54, 1.807) is 30.3 Å². The summed E-state index contributed by atoms with van der Waals surface area (Å²) >= 11 is 0. The molecule has 1 heterocycles. The Balaban J connectivity index is 1.52. The average Bonchev–Trinajstić information content (AvgIpc) is 3.56. The van der Waals surface area contributed by atoms with Crippen molar-refractivity contribution < 1.29 is 15.4 Å². The Morgan fingerprint density at radius 1 is 0.442 bits per heavy atom. The van der Waals surface area contributed by atoms with Crippen LogP contribution in [0.3, 0.4) is 0 Å². The molecule has 0 aliphatic carbocycles. The van der Waals surface area contributed by atoms with E-state index >= 15 is 0 Å². The molecule has 1 nitrogen and oxygen atoms in total. The largest absolute Gasteiger partial charge is 0.455 e. The summed E-state index contributed by atoms with van der Waals surface area (Å²) in [5, 5.41) is 4.33. The fraction of sp³-hybridized carbons (Fsp3) is 0. The van der Waals surface area contributed by atoms with Gasteiger partial charge in [0.1, 0.15) is 11.2 Å². The summed E-state index contributed by atoms with van der Waals surface area (Å²) in [5.41, 5.74) is 5.00. The van der Waals surface area contributed by atoms with Gasteiger partial charge >= 0.3 is 0 Å². The number of rotatable bonds is 3. The number of hydrogen-bond donors (Lipinski definition) is 0. The van der Waals surface area contributed by atoms with Crippen molar-refractivity contribution in [2.45, 2.75) is 0 Å². The number of fused-ring (bicyclic) bond motifs is 7. The Bertz CT molecular complexity index is 2850. The maximum atomic E-state index is 9.27. The van der Waals surface area contributed by atoms with E-state index in [0.717, 1.165) is 32.7 Å². The first kappa shape index (κ1) is 17.3. The molecule has 8 aromatic carbocycles. The normalized spacial score (nSPS) is 14.3. The minimum atomic E-state index is -0.430. The zero-order valence-corrected chi connectivity index (χ0v) is 22.8. The van der Waals surface area contributed by atoms with E-state index in [4.69, 9.17) is 9.90 Å². The molecule has 43 heavy (non-hydrogen) atoms. The molecular formula is C42H26O. The first-order valence-corrected chi connectivity index (χ1v) is 14.1. The van der Waals surface area contributed by atoms with Gasteiger partial charge in [0.2, 0.25) is 0 Å². The first-order valence-electron chi connectivity index (χ1n) is 18.1. The van der Waals surface area contributed by atoms with E-state index in [9.17, 15) is 5.48 Å². The van der Waals surface area contributed by atoms with Crippen LogP contribution < -0.4 is 0 Å². The summed E-state index contributed by atoms with van der Waals surface area (Å²) in [6, 6.07) is 31.9. The minimum absolute atomic E-state index is 0.179.